The maximum absolute atomic E-state index is 11.1. The van der Waals surface area contributed by atoms with Crippen LogP contribution in [0.5, 0.6) is 0 Å². The van der Waals surface area contributed by atoms with Gasteiger partial charge in [0.1, 0.15) is 6.20 Å². The molecule has 0 aliphatic rings. The second-order valence-electron chi connectivity index (χ2n) is 3.72. The first-order valence-electron chi connectivity index (χ1n) is 5.02. The summed E-state index contributed by atoms with van der Waals surface area (Å²) in [6, 6.07) is 4.76. The van der Waals surface area contributed by atoms with Crippen LogP contribution in [0.4, 0.5) is 5.82 Å². The van der Waals surface area contributed by atoms with Gasteiger partial charge in [0, 0.05) is 0 Å². The lowest BCUT2D eigenvalue weighted by Gasteiger charge is -2.06. The fourth-order valence-electron chi connectivity index (χ4n) is 1.57. The Labute approximate surface area is 101 Å². The number of rotatable bonds is 3. The molecule has 0 fully saturated rings. The number of carboxylic acid groups (broad SMARTS) is 1. The minimum absolute atomic E-state index is 0.0629. The third-order valence-corrected chi connectivity index (χ3v) is 2.42. The molecule has 0 aliphatic carbocycles. The normalized spacial score (nSPS) is 10.3. The van der Waals surface area contributed by atoms with E-state index in [-0.39, 0.29) is 11.4 Å². The molecule has 0 bridgehead atoms. The quantitative estimate of drug-likeness (QED) is 0.658. The number of hydrogen-bond acceptors (Lipinski definition) is 4. The van der Waals surface area contributed by atoms with E-state index in [0.717, 1.165) is 5.56 Å². The summed E-state index contributed by atoms with van der Waals surface area (Å²) < 4.78 is 1.33. The van der Waals surface area contributed by atoms with Crippen molar-refractivity contribution >= 4 is 11.8 Å². The standard InChI is InChI=1S/C11H9N3O4/c1-7-2-3-8(11(15)16)9(4-7)13-5-10(12-6-13)14(17)18/h2-6H,1H3,(H,15,16). The van der Waals surface area contributed by atoms with Crippen LogP contribution < -0.4 is 0 Å². The van der Waals surface area contributed by atoms with Gasteiger partial charge in [-0.05, 0) is 34.5 Å². The van der Waals surface area contributed by atoms with Crippen molar-refractivity contribution in [3.05, 3.63) is 52.0 Å². The molecule has 0 amide bonds. The van der Waals surface area contributed by atoms with Gasteiger partial charge in [-0.25, -0.2) is 4.79 Å². The highest BCUT2D eigenvalue weighted by Crippen LogP contribution is 2.19. The van der Waals surface area contributed by atoms with Crippen LogP contribution >= 0.6 is 0 Å². The molecule has 7 heteroatoms. The smallest absolute Gasteiger partial charge is 0.381 e. The van der Waals surface area contributed by atoms with E-state index < -0.39 is 10.9 Å². The first-order valence-corrected chi connectivity index (χ1v) is 5.02. The van der Waals surface area contributed by atoms with Crippen LogP contribution in [-0.2, 0) is 0 Å². The van der Waals surface area contributed by atoms with E-state index in [2.05, 4.69) is 4.98 Å². The fourth-order valence-corrected chi connectivity index (χ4v) is 1.57. The molecule has 0 spiro atoms. The summed E-state index contributed by atoms with van der Waals surface area (Å²) in [7, 11) is 0. The van der Waals surface area contributed by atoms with Gasteiger partial charge in [0.15, 0.2) is 0 Å². The second kappa shape index (κ2) is 4.28. The molecule has 92 valence electrons. The fraction of sp³-hybridized carbons (Fsp3) is 0.0909. The number of benzene rings is 1. The Balaban J connectivity index is 2.57. The van der Waals surface area contributed by atoms with Crippen molar-refractivity contribution in [3.8, 4) is 5.69 Å². The van der Waals surface area contributed by atoms with Crippen LogP contribution in [0.15, 0.2) is 30.7 Å². The van der Waals surface area contributed by atoms with E-state index in [1.165, 1.54) is 23.2 Å². The highest BCUT2D eigenvalue weighted by atomic mass is 16.6. The lowest BCUT2D eigenvalue weighted by molar-refractivity contribution is -0.389. The highest BCUT2D eigenvalue weighted by molar-refractivity contribution is 5.92. The maximum Gasteiger partial charge on any atom is 0.381 e. The van der Waals surface area contributed by atoms with E-state index in [1.54, 1.807) is 19.1 Å². The lowest BCUT2D eigenvalue weighted by Crippen LogP contribution is -2.04. The Morgan fingerprint density at radius 2 is 2.22 bits per heavy atom. The van der Waals surface area contributed by atoms with E-state index >= 15 is 0 Å². The number of carboxylic acids is 1. The van der Waals surface area contributed by atoms with Gasteiger partial charge in [-0.2, -0.15) is 0 Å². The summed E-state index contributed by atoms with van der Waals surface area (Å²) in [6.07, 6.45) is 2.40. The lowest BCUT2D eigenvalue weighted by atomic mass is 10.1. The third-order valence-electron chi connectivity index (χ3n) is 2.42. The van der Waals surface area contributed by atoms with Gasteiger partial charge < -0.3 is 15.2 Å². The molecule has 2 rings (SSSR count). The molecule has 0 aliphatic heterocycles. The number of aromatic nitrogens is 2. The summed E-state index contributed by atoms with van der Waals surface area (Å²) in [6.45, 7) is 1.81. The van der Waals surface area contributed by atoms with E-state index in [0.29, 0.717) is 5.69 Å². The minimum Gasteiger partial charge on any atom is -0.478 e. The summed E-state index contributed by atoms with van der Waals surface area (Å²) in [5.41, 5.74) is 1.27. The van der Waals surface area contributed by atoms with Crippen LogP contribution in [0.3, 0.4) is 0 Å². The number of aryl methyl sites for hydroxylation is 1. The highest BCUT2D eigenvalue weighted by Gasteiger charge is 2.16. The Kier molecular flexibility index (Phi) is 2.80. The van der Waals surface area contributed by atoms with Gasteiger partial charge in [-0.3, -0.25) is 4.57 Å². The molecule has 18 heavy (non-hydrogen) atoms. The molecule has 1 heterocycles. The first kappa shape index (κ1) is 11.8. The molecule has 0 saturated heterocycles. The topological polar surface area (TPSA) is 98.3 Å². The van der Waals surface area contributed by atoms with Crippen molar-refractivity contribution in [1.82, 2.24) is 9.55 Å². The summed E-state index contributed by atoms with van der Waals surface area (Å²) in [5.74, 6) is -1.42. The van der Waals surface area contributed by atoms with Crippen molar-refractivity contribution < 1.29 is 14.8 Å². The molecule has 0 unspecified atom stereocenters. The van der Waals surface area contributed by atoms with Gasteiger partial charge in [0.25, 0.3) is 0 Å². The number of imidazole rings is 1. The zero-order valence-electron chi connectivity index (χ0n) is 9.40. The zero-order chi connectivity index (χ0) is 13.3. The summed E-state index contributed by atoms with van der Waals surface area (Å²) >= 11 is 0. The predicted molar refractivity (Wildman–Crippen MR) is 61.9 cm³/mol. The van der Waals surface area contributed by atoms with E-state index in [4.69, 9.17) is 5.11 Å². The van der Waals surface area contributed by atoms with Gasteiger partial charge in [-0.15, -0.1) is 0 Å². The number of carbonyl (C=O) groups is 1. The van der Waals surface area contributed by atoms with Crippen LogP contribution in [0, 0.1) is 17.0 Å². The van der Waals surface area contributed by atoms with Crippen LogP contribution in [0.1, 0.15) is 15.9 Å². The Morgan fingerprint density at radius 3 is 2.78 bits per heavy atom. The Bertz CT molecular complexity index is 633. The molecule has 0 atom stereocenters. The van der Waals surface area contributed by atoms with Crippen LogP contribution in [-0.4, -0.2) is 25.6 Å². The third kappa shape index (κ3) is 2.05. The van der Waals surface area contributed by atoms with Crippen molar-refractivity contribution in [3.63, 3.8) is 0 Å². The maximum atomic E-state index is 11.1. The van der Waals surface area contributed by atoms with E-state index in [1.807, 2.05) is 0 Å². The van der Waals surface area contributed by atoms with Gasteiger partial charge in [0.2, 0.25) is 6.33 Å². The zero-order valence-corrected chi connectivity index (χ0v) is 9.40. The van der Waals surface area contributed by atoms with Gasteiger partial charge in [-0.1, -0.05) is 6.07 Å². The number of aromatic carboxylic acids is 1. The Hall–Kier alpha value is -2.70. The van der Waals surface area contributed by atoms with E-state index in [9.17, 15) is 14.9 Å². The van der Waals surface area contributed by atoms with Crippen molar-refractivity contribution in [2.24, 2.45) is 0 Å². The van der Waals surface area contributed by atoms with Crippen molar-refractivity contribution in [2.75, 3.05) is 0 Å². The molecule has 0 radical (unpaired) electrons. The Morgan fingerprint density at radius 1 is 1.50 bits per heavy atom. The van der Waals surface area contributed by atoms with Gasteiger partial charge >= 0.3 is 11.8 Å². The molecule has 1 aromatic carbocycles. The number of hydrogen-bond donors (Lipinski definition) is 1. The molecular formula is C11H9N3O4. The van der Waals surface area contributed by atoms with Crippen molar-refractivity contribution in [1.29, 1.82) is 0 Å². The number of nitrogens with zero attached hydrogens (tertiary/aromatic N) is 3. The molecular weight excluding hydrogens is 238 g/mol. The first-order chi connectivity index (χ1) is 8.49. The molecule has 1 aromatic heterocycles. The average Bonchev–Trinajstić information content (AvgIpc) is 2.77. The minimum atomic E-state index is -1.10. The summed E-state index contributed by atoms with van der Waals surface area (Å²) in [4.78, 5) is 24.6. The van der Waals surface area contributed by atoms with Crippen LogP contribution in [0.2, 0.25) is 0 Å². The molecule has 2 aromatic rings. The van der Waals surface area contributed by atoms with Crippen LogP contribution in [0.25, 0.3) is 5.69 Å². The summed E-state index contributed by atoms with van der Waals surface area (Å²) in [5, 5.41) is 19.6. The second-order valence-corrected chi connectivity index (χ2v) is 3.72. The molecule has 1 N–H and O–H groups in total. The monoisotopic (exact) mass is 247 g/mol. The predicted octanol–water partition coefficient (Wildman–Crippen LogP) is 1.79. The largest absolute Gasteiger partial charge is 0.478 e. The average molecular weight is 247 g/mol. The molecule has 0 saturated carbocycles. The van der Waals surface area contributed by atoms with Crippen molar-refractivity contribution in [2.45, 2.75) is 6.92 Å². The number of nitro groups is 1. The SMILES string of the molecule is Cc1ccc(C(=O)O)c(-n2cnc([N+](=O)[O-])c2)c1. The molecule has 7 nitrogen and oxygen atoms in total. The van der Waals surface area contributed by atoms with Gasteiger partial charge in [0.05, 0.1) is 11.3 Å².